The first-order valence-electron chi connectivity index (χ1n) is 17.7. The fraction of sp³-hybridized carbons (Fsp3) is 0.227. The van der Waals surface area contributed by atoms with Crippen molar-refractivity contribution in [2.24, 2.45) is 11.3 Å². The van der Waals surface area contributed by atoms with Gasteiger partial charge in [-0.1, -0.05) is 99.6 Å². The predicted molar refractivity (Wildman–Crippen MR) is 217 cm³/mol. The summed E-state index contributed by atoms with van der Waals surface area (Å²) in [4.78, 5) is 42.3. The minimum absolute atomic E-state index is 0.0814. The molecule has 53 heavy (non-hydrogen) atoms. The summed E-state index contributed by atoms with van der Waals surface area (Å²) in [7, 11) is 0. The van der Waals surface area contributed by atoms with Crippen molar-refractivity contribution in [3.05, 3.63) is 142 Å². The van der Waals surface area contributed by atoms with Gasteiger partial charge >= 0.3 is 0 Å². The molecule has 7 nitrogen and oxygen atoms in total. The molecule has 2 atom stereocenters. The summed E-state index contributed by atoms with van der Waals surface area (Å²) in [5.41, 5.74) is 5.72. The van der Waals surface area contributed by atoms with E-state index in [4.69, 9.17) is 0 Å². The summed E-state index contributed by atoms with van der Waals surface area (Å²) in [5, 5.41) is 18.9. The number of carbonyl (C=O) groups is 3. The van der Waals surface area contributed by atoms with Gasteiger partial charge in [0.05, 0.1) is 10.8 Å². The third-order valence-corrected chi connectivity index (χ3v) is 11.7. The number of hydrogen-bond donors (Lipinski definition) is 3. The molecule has 9 heteroatoms. The van der Waals surface area contributed by atoms with E-state index in [-0.39, 0.29) is 17.0 Å². The number of thiophene rings is 1. The predicted octanol–water partition coefficient (Wildman–Crippen LogP) is 9.97. The number of benzene rings is 4. The van der Waals surface area contributed by atoms with E-state index in [0.29, 0.717) is 27.7 Å². The van der Waals surface area contributed by atoms with Crippen LogP contribution in [0.5, 0.6) is 0 Å². The van der Waals surface area contributed by atoms with Gasteiger partial charge in [-0.3, -0.25) is 14.4 Å². The summed E-state index contributed by atoms with van der Waals surface area (Å²) in [6, 6.07) is 36.1. The quantitative estimate of drug-likeness (QED) is 0.0976. The van der Waals surface area contributed by atoms with Crippen LogP contribution in [-0.4, -0.2) is 23.0 Å². The molecule has 268 valence electrons. The third kappa shape index (κ3) is 9.33. The van der Waals surface area contributed by atoms with Crippen molar-refractivity contribution in [2.75, 3.05) is 10.6 Å². The molecule has 5 aromatic rings. The Bertz CT molecular complexity index is 2180. The molecule has 3 amide bonds. The van der Waals surface area contributed by atoms with E-state index in [1.165, 1.54) is 28.0 Å². The molecule has 3 N–H and O–H groups in total. The van der Waals surface area contributed by atoms with Crippen molar-refractivity contribution < 1.29 is 14.4 Å². The summed E-state index contributed by atoms with van der Waals surface area (Å²) in [5.74, 6) is -0.561. The van der Waals surface area contributed by atoms with E-state index in [1.807, 2.05) is 79.7 Å². The van der Waals surface area contributed by atoms with Gasteiger partial charge in [-0.15, -0.1) is 23.1 Å². The first-order valence-corrected chi connectivity index (χ1v) is 19.3. The lowest BCUT2D eigenvalue weighted by molar-refractivity contribution is -0.115. The molecule has 0 fully saturated rings. The molecule has 0 spiro atoms. The lowest BCUT2D eigenvalue weighted by atomic mass is 9.72. The van der Waals surface area contributed by atoms with Gasteiger partial charge in [0.1, 0.15) is 16.8 Å². The number of nitriles is 1. The van der Waals surface area contributed by atoms with Gasteiger partial charge in [-0.25, -0.2) is 0 Å². The molecule has 0 aliphatic heterocycles. The first kappa shape index (κ1) is 37.3. The number of rotatable bonds is 10. The highest BCUT2D eigenvalue weighted by Crippen LogP contribution is 2.44. The lowest BCUT2D eigenvalue weighted by Gasteiger charge is -2.33. The molecular weight excluding hydrogens is 697 g/mol. The van der Waals surface area contributed by atoms with Gasteiger partial charge in [0.25, 0.3) is 11.8 Å². The Kier molecular flexibility index (Phi) is 11.6. The van der Waals surface area contributed by atoms with Crippen LogP contribution >= 0.6 is 23.1 Å². The number of fused-ring (bicyclic) bond motifs is 1. The van der Waals surface area contributed by atoms with Crippen LogP contribution in [0.4, 0.5) is 10.7 Å². The van der Waals surface area contributed by atoms with Crippen LogP contribution in [0.1, 0.15) is 66.0 Å². The summed E-state index contributed by atoms with van der Waals surface area (Å²) in [6.45, 7) is 8.60. The molecule has 4 aromatic carbocycles. The molecule has 1 heterocycles. The highest BCUT2D eigenvalue weighted by molar-refractivity contribution is 8.00. The number of anilines is 2. The van der Waals surface area contributed by atoms with E-state index in [0.717, 1.165) is 46.4 Å². The molecule has 6 rings (SSSR count). The molecule has 0 saturated heterocycles. The minimum atomic E-state index is -0.492. The zero-order valence-electron chi connectivity index (χ0n) is 30.2. The van der Waals surface area contributed by atoms with E-state index >= 15 is 0 Å². The molecule has 1 aromatic heterocycles. The van der Waals surface area contributed by atoms with Gasteiger partial charge in [-0.05, 0) is 96.2 Å². The Morgan fingerprint density at radius 3 is 2.25 bits per heavy atom. The second-order valence-electron chi connectivity index (χ2n) is 14.2. The lowest BCUT2D eigenvalue weighted by Crippen LogP contribution is -2.30. The standard InChI is InChI=1S/C44H42N4O3S2/c1-28(40(49)48-43-37(27-45)36-23-22-33(44(2,3)4)25-39(36)53-43)52-35-17-11-16-34(26-35)46-42(51)38(47-41(50)32-14-9-6-10-15-32)24-29-18-20-31(21-19-29)30-12-7-5-8-13-30/h5-21,24,26,28,33H,22-23,25H2,1-4H3,(H,46,51)(H,47,50)(H,48,49)/b38-24+. The molecule has 0 bridgehead atoms. The Balaban J connectivity index is 1.15. The van der Waals surface area contributed by atoms with Crippen LogP contribution in [0.3, 0.4) is 0 Å². The molecule has 1 aliphatic carbocycles. The van der Waals surface area contributed by atoms with Crippen molar-refractivity contribution >= 4 is 57.6 Å². The van der Waals surface area contributed by atoms with Crippen LogP contribution in [0, 0.1) is 22.7 Å². The van der Waals surface area contributed by atoms with Crippen molar-refractivity contribution in [1.29, 1.82) is 5.26 Å². The van der Waals surface area contributed by atoms with Crippen LogP contribution < -0.4 is 16.0 Å². The highest BCUT2D eigenvalue weighted by Gasteiger charge is 2.32. The Morgan fingerprint density at radius 1 is 0.887 bits per heavy atom. The van der Waals surface area contributed by atoms with Gasteiger partial charge in [-0.2, -0.15) is 5.26 Å². The van der Waals surface area contributed by atoms with E-state index < -0.39 is 17.1 Å². The van der Waals surface area contributed by atoms with E-state index in [9.17, 15) is 19.6 Å². The van der Waals surface area contributed by atoms with Gasteiger partial charge < -0.3 is 16.0 Å². The fourth-order valence-electron chi connectivity index (χ4n) is 6.36. The van der Waals surface area contributed by atoms with Crippen LogP contribution in [0.15, 0.2) is 120 Å². The zero-order chi connectivity index (χ0) is 37.5. The number of nitrogens with zero attached hydrogens (tertiary/aromatic N) is 1. The topological polar surface area (TPSA) is 111 Å². The largest absolute Gasteiger partial charge is 0.321 e. The number of hydrogen-bond acceptors (Lipinski definition) is 6. The number of nitrogens with one attached hydrogen (secondary N) is 3. The maximum atomic E-state index is 13.7. The smallest absolute Gasteiger partial charge is 0.272 e. The van der Waals surface area contributed by atoms with Gasteiger partial charge in [0.2, 0.25) is 5.91 Å². The molecular formula is C44H42N4O3S2. The third-order valence-electron chi connectivity index (χ3n) is 9.47. The average Bonchev–Trinajstić information content (AvgIpc) is 3.51. The SMILES string of the molecule is CC(Sc1cccc(NC(=O)/C(=C\c2ccc(-c3ccccc3)cc2)NC(=O)c2ccccc2)c1)C(=O)Nc1sc2c(c1C#N)CCC(C(C)(C)C)C2. The molecule has 0 saturated carbocycles. The van der Waals surface area contributed by atoms with E-state index in [2.05, 4.69) is 42.8 Å². The van der Waals surface area contributed by atoms with Gasteiger partial charge in [0, 0.05) is 21.0 Å². The van der Waals surface area contributed by atoms with Crippen molar-refractivity contribution in [1.82, 2.24) is 5.32 Å². The van der Waals surface area contributed by atoms with Crippen LogP contribution in [0.2, 0.25) is 0 Å². The van der Waals surface area contributed by atoms with E-state index in [1.54, 1.807) is 42.5 Å². The first-order chi connectivity index (χ1) is 25.5. The Morgan fingerprint density at radius 2 is 1.57 bits per heavy atom. The van der Waals surface area contributed by atoms with Crippen LogP contribution in [0.25, 0.3) is 17.2 Å². The maximum absolute atomic E-state index is 13.7. The molecule has 0 radical (unpaired) electrons. The molecule has 2 unspecified atom stereocenters. The Hall–Kier alpha value is -5.43. The van der Waals surface area contributed by atoms with Crippen LogP contribution in [-0.2, 0) is 22.4 Å². The average molecular weight is 739 g/mol. The highest BCUT2D eigenvalue weighted by atomic mass is 32.2. The number of thioether (sulfide) groups is 1. The zero-order valence-corrected chi connectivity index (χ0v) is 31.9. The normalized spacial score (nSPS) is 14.7. The fourth-order valence-corrected chi connectivity index (χ4v) is 8.57. The second kappa shape index (κ2) is 16.5. The summed E-state index contributed by atoms with van der Waals surface area (Å²) in [6.07, 6.45) is 4.46. The summed E-state index contributed by atoms with van der Waals surface area (Å²) < 4.78 is 0. The van der Waals surface area contributed by atoms with Gasteiger partial charge in [0.15, 0.2) is 0 Å². The monoisotopic (exact) mass is 738 g/mol. The number of amides is 3. The minimum Gasteiger partial charge on any atom is -0.321 e. The second-order valence-corrected chi connectivity index (χ2v) is 16.7. The molecule has 1 aliphatic rings. The number of carbonyl (C=O) groups excluding carboxylic acids is 3. The maximum Gasteiger partial charge on any atom is 0.272 e. The van der Waals surface area contributed by atoms with Crippen molar-refractivity contribution in [3.8, 4) is 17.2 Å². The van der Waals surface area contributed by atoms with Crippen molar-refractivity contribution in [3.63, 3.8) is 0 Å². The summed E-state index contributed by atoms with van der Waals surface area (Å²) >= 11 is 2.88. The van der Waals surface area contributed by atoms with Crippen molar-refractivity contribution in [2.45, 2.75) is 57.1 Å². The Labute approximate surface area is 319 Å².